The third-order valence-corrected chi connectivity index (χ3v) is 3.80. The zero-order chi connectivity index (χ0) is 13.8. The van der Waals surface area contributed by atoms with Crippen LogP contribution in [-0.4, -0.2) is 5.78 Å². The van der Waals surface area contributed by atoms with Crippen molar-refractivity contribution in [1.82, 2.24) is 0 Å². The predicted molar refractivity (Wildman–Crippen MR) is 77.5 cm³/mol. The molecule has 2 aromatic rings. The van der Waals surface area contributed by atoms with Crippen LogP contribution in [0.1, 0.15) is 32.6 Å². The van der Waals surface area contributed by atoms with E-state index in [0.29, 0.717) is 23.4 Å². The first kappa shape index (κ1) is 13.3. The Bertz CT molecular complexity index is 652. The second-order valence-corrected chi connectivity index (χ2v) is 5.67. The Balaban J connectivity index is 2.20. The van der Waals surface area contributed by atoms with Gasteiger partial charge in [-0.05, 0) is 44.2 Å². The number of thiophene rings is 1. The van der Waals surface area contributed by atoms with Crippen molar-refractivity contribution in [2.45, 2.75) is 20.4 Å². The second kappa shape index (κ2) is 5.68. The van der Waals surface area contributed by atoms with Gasteiger partial charge in [0.2, 0.25) is 0 Å². The largest absolute Gasteiger partial charge is 0.379 e. The van der Waals surface area contributed by atoms with Crippen molar-refractivity contribution in [2.24, 2.45) is 0 Å². The molecule has 1 heterocycles. The van der Waals surface area contributed by atoms with Gasteiger partial charge in [0, 0.05) is 21.9 Å². The lowest BCUT2D eigenvalue weighted by Gasteiger charge is -2.08. The number of ketones is 1. The van der Waals surface area contributed by atoms with E-state index in [1.165, 1.54) is 16.7 Å². The summed E-state index contributed by atoms with van der Waals surface area (Å²) in [5.74, 6) is -0.000456. The molecular weight excluding hydrogens is 256 g/mol. The van der Waals surface area contributed by atoms with Crippen LogP contribution in [0, 0.1) is 18.3 Å². The Morgan fingerprint density at radius 1 is 1.37 bits per heavy atom. The van der Waals surface area contributed by atoms with Crippen molar-refractivity contribution in [3.63, 3.8) is 0 Å². The number of nitriles is 1. The standard InChI is InChI=1S/C15H14N2OS/c1-10-3-6-14(19-10)9-17-15-7-12(11(2)18)4-5-13(15)8-16/h3-7,17H,9H2,1-2H3. The van der Waals surface area contributed by atoms with Crippen LogP contribution in [0.5, 0.6) is 0 Å². The first-order chi connectivity index (χ1) is 9.10. The third kappa shape index (κ3) is 3.21. The Morgan fingerprint density at radius 3 is 2.74 bits per heavy atom. The van der Waals surface area contributed by atoms with E-state index in [-0.39, 0.29) is 5.78 Å². The molecular formula is C15H14N2OS. The molecule has 96 valence electrons. The van der Waals surface area contributed by atoms with Crippen LogP contribution < -0.4 is 5.32 Å². The lowest BCUT2D eigenvalue weighted by atomic mass is 10.1. The molecule has 0 aliphatic carbocycles. The van der Waals surface area contributed by atoms with Crippen molar-refractivity contribution in [3.8, 4) is 6.07 Å². The average Bonchev–Trinajstić information content (AvgIpc) is 2.81. The number of benzene rings is 1. The molecule has 0 amide bonds. The van der Waals surface area contributed by atoms with Crippen molar-refractivity contribution >= 4 is 22.8 Å². The second-order valence-electron chi connectivity index (χ2n) is 4.29. The van der Waals surface area contributed by atoms with Gasteiger partial charge >= 0.3 is 0 Å². The summed E-state index contributed by atoms with van der Waals surface area (Å²) in [6.07, 6.45) is 0. The van der Waals surface area contributed by atoms with Crippen LogP contribution >= 0.6 is 11.3 Å². The van der Waals surface area contributed by atoms with E-state index in [4.69, 9.17) is 5.26 Å². The zero-order valence-electron chi connectivity index (χ0n) is 10.9. The molecule has 0 unspecified atom stereocenters. The third-order valence-electron chi connectivity index (χ3n) is 2.80. The SMILES string of the molecule is CC(=O)c1ccc(C#N)c(NCc2ccc(C)s2)c1. The summed E-state index contributed by atoms with van der Waals surface area (Å²) in [6.45, 7) is 4.24. The molecule has 0 radical (unpaired) electrons. The van der Waals surface area contributed by atoms with Gasteiger partial charge in [0.25, 0.3) is 0 Å². The quantitative estimate of drug-likeness (QED) is 0.861. The van der Waals surface area contributed by atoms with Gasteiger partial charge in [-0.1, -0.05) is 0 Å². The minimum atomic E-state index is -0.000456. The molecule has 0 atom stereocenters. The lowest BCUT2D eigenvalue weighted by Crippen LogP contribution is -2.02. The van der Waals surface area contributed by atoms with Crippen LogP contribution in [0.2, 0.25) is 0 Å². The molecule has 2 rings (SSSR count). The molecule has 1 aromatic heterocycles. The molecule has 0 spiro atoms. The van der Waals surface area contributed by atoms with Crippen molar-refractivity contribution in [2.75, 3.05) is 5.32 Å². The summed E-state index contributed by atoms with van der Waals surface area (Å²) in [5, 5.41) is 12.3. The van der Waals surface area contributed by atoms with E-state index in [1.807, 2.05) is 0 Å². The highest BCUT2D eigenvalue weighted by atomic mass is 32.1. The molecule has 1 aromatic carbocycles. The molecule has 19 heavy (non-hydrogen) atoms. The molecule has 0 saturated heterocycles. The van der Waals surface area contributed by atoms with Crippen LogP contribution in [0.3, 0.4) is 0 Å². The monoisotopic (exact) mass is 270 g/mol. The van der Waals surface area contributed by atoms with Gasteiger partial charge in [-0.3, -0.25) is 4.79 Å². The molecule has 0 aliphatic heterocycles. The molecule has 0 bridgehead atoms. The first-order valence-electron chi connectivity index (χ1n) is 5.94. The van der Waals surface area contributed by atoms with E-state index in [2.05, 4.69) is 30.4 Å². The topological polar surface area (TPSA) is 52.9 Å². The molecule has 0 fully saturated rings. The van der Waals surface area contributed by atoms with Crippen molar-refractivity contribution < 1.29 is 4.79 Å². The van der Waals surface area contributed by atoms with Gasteiger partial charge in [-0.2, -0.15) is 5.26 Å². The Kier molecular flexibility index (Phi) is 3.98. The zero-order valence-corrected chi connectivity index (χ0v) is 11.7. The number of nitrogens with one attached hydrogen (secondary N) is 1. The highest BCUT2D eigenvalue weighted by Crippen LogP contribution is 2.21. The fourth-order valence-electron chi connectivity index (χ4n) is 1.77. The highest BCUT2D eigenvalue weighted by molar-refractivity contribution is 7.11. The number of hydrogen-bond acceptors (Lipinski definition) is 4. The summed E-state index contributed by atoms with van der Waals surface area (Å²) in [6, 6.07) is 11.4. The van der Waals surface area contributed by atoms with Crippen LogP contribution in [-0.2, 0) is 6.54 Å². The summed E-state index contributed by atoms with van der Waals surface area (Å²) in [7, 11) is 0. The first-order valence-corrected chi connectivity index (χ1v) is 6.76. The van der Waals surface area contributed by atoms with E-state index in [0.717, 1.165) is 0 Å². The summed E-state index contributed by atoms with van der Waals surface area (Å²) >= 11 is 1.72. The van der Waals surface area contributed by atoms with Gasteiger partial charge in [0.05, 0.1) is 11.3 Å². The number of Topliss-reactive ketones (excluding diaryl/α,β-unsaturated/α-hetero) is 1. The van der Waals surface area contributed by atoms with Crippen LogP contribution in [0.4, 0.5) is 5.69 Å². The Labute approximate surface area is 116 Å². The van der Waals surface area contributed by atoms with Gasteiger partial charge in [-0.25, -0.2) is 0 Å². The maximum Gasteiger partial charge on any atom is 0.159 e. The molecule has 0 aliphatic rings. The smallest absolute Gasteiger partial charge is 0.159 e. The fraction of sp³-hybridized carbons (Fsp3) is 0.200. The summed E-state index contributed by atoms with van der Waals surface area (Å²) in [5.41, 5.74) is 1.88. The molecule has 3 nitrogen and oxygen atoms in total. The van der Waals surface area contributed by atoms with Crippen LogP contribution in [0.25, 0.3) is 0 Å². The normalized spacial score (nSPS) is 9.95. The molecule has 1 N–H and O–H groups in total. The number of aryl methyl sites for hydroxylation is 1. The molecule has 4 heteroatoms. The Morgan fingerprint density at radius 2 is 2.16 bits per heavy atom. The minimum absolute atomic E-state index is 0.000456. The van der Waals surface area contributed by atoms with Crippen LogP contribution in [0.15, 0.2) is 30.3 Å². The lowest BCUT2D eigenvalue weighted by molar-refractivity contribution is 0.101. The highest BCUT2D eigenvalue weighted by Gasteiger charge is 2.06. The van der Waals surface area contributed by atoms with Gasteiger partial charge in [0.1, 0.15) is 6.07 Å². The van der Waals surface area contributed by atoms with Gasteiger partial charge in [0.15, 0.2) is 5.78 Å². The van der Waals surface area contributed by atoms with E-state index in [1.54, 1.807) is 29.5 Å². The summed E-state index contributed by atoms with van der Waals surface area (Å²) < 4.78 is 0. The maximum atomic E-state index is 11.4. The van der Waals surface area contributed by atoms with Crippen molar-refractivity contribution in [3.05, 3.63) is 51.2 Å². The number of anilines is 1. The van der Waals surface area contributed by atoms with E-state index < -0.39 is 0 Å². The molecule has 0 saturated carbocycles. The average molecular weight is 270 g/mol. The maximum absolute atomic E-state index is 11.4. The Hall–Kier alpha value is -2.12. The number of hydrogen-bond donors (Lipinski definition) is 1. The predicted octanol–water partition coefficient (Wildman–Crippen LogP) is 3.74. The number of carbonyl (C=O) groups is 1. The van der Waals surface area contributed by atoms with Gasteiger partial charge in [-0.15, -0.1) is 11.3 Å². The van der Waals surface area contributed by atoms with Gasteiger partial charge < -0.3 is 5.32 Å². The fourth-order valence-corrected chi connectivity index (χ4v) is 2.60. The van der Waals surface area contributed by atoms with E-state index in [9.17, 15) is 4.79 Å². The number of rotatable bonds is 4. The van der Waals surface area contributed by atoms with Crippen molar-refractivity contribution in [1.29, 1.82) is 5.26 Å². The minimum Gasteiger partial charge on any atom is -0.379 e. The number of nitrogens with zero attached hydrogens (tertiary/aromatic N) is 1. The van der Waals surface area contributed by atoms with E-state index >= 15 is 0 Å². The number of carbonyl (C=O) groups excluding carboxylic acids is 1. The summed E-state index contributed by atoms with van der Waals surface area (Å²) in [4.78, 5) is 13.8.